The van der Waals surface area contributed by atoms with E-state index in [2.05, 4.69) is 15.0 Å². The first-order valence-corrected chi connectivity index (χ1v) is 6.14. The number of rotatable bonds is 2. The lowest BCUT2D eigenvalue weighted by Crippen LogP contribution is -2.14. The Bertz CT molecular complexity index is 778. The van der Waals surface area contributed by atoms with Crippen LogP contribution in [0.5, 0.6) is 0 Å². The molecule has 6 heteroatoms. The van der Waals surface area contributed by atoms with Crippen LogP contribution in [0.25, 0.3) is 17.0 Å². The molecule has 94 valence electrons. The Morgan fingerprint density at radius 3 is 2.84 bits per heavy atom. The zero-order valence-corrected chi connectivity index (χ0v) is 11.1. The van der Waals surface area contributed by atoms with Gasteiger partial charge in [0, 0.05) is 5.69 Å². The molecule has 0 aliphatic rings. The monoisotopic (exact) mass is 269 g/mol. The number of nitrogens with two attached hydrogens (primary N) is 1. The Morgan fingerprint density at radius 2 is 2.05 bits per heavy atom. The summed E-state index contributed by atoms with van der Waals surface area (Å²) in [5.41, 5.74) is 8.85. The van der Waals surface area contributed by atoms with Crippen LogP contribution >= 0.6 is 12.2 Å². The standard InChI is InChI=1S/C13H11N5S/c1-8-6-10(12(14)19)17-13(16-8)18-7-15-9-4-2-3-5-11(9)18/h2-7H,1H3,(H2,14,19). The Labute approximate surface area is 115 Å². The molecule has 0 saturated heterocycles. The van der Waals surface area contributed by atoms with Gasteiger partial charge in [-0.05, 0) is 25.1 Å². The molecule has 0 bridgehead atoms. The summed E-state index contributed by atoms with van der Waals surface area (Å²) < 4.78 is 1.82. The van der Waals surface area contributed by atoms with Crippen LogP contribution in [-0.4, -0.2) is 24.5 Å². The maximum absolute atomic E-state index is 5.63. The van der Waals surface area contributed by atoms with Crippen molar-refractivity contribution in [2.45, 2.75) is 6.92 Å². The Kier molecular flexibility index (Phi) is 2.72. The number of aryl methyl sites for hydroxylation is 1. The van der Waals surface area contributed by atoms with Crippen molar-refractivity contribution in [3.05, 3.63) is 48.0 Å². The highest BCUT2D eigenvalue weighted by Gasteiger charge is 2.09. The summed E-state index contributed by atoms with van der Waals surface area (Å²) in [5, 5.41) is 0. The molecule has 0 aliphatic carbocycles. The summed E-state index contributed by atoms with van der Waals surface area (Å²) in [6.07, 6.45) is 1.70. The van der Waals surface area contributed by atoms with E-state index in [-0.39, 0.29) is 4.99 Å². The second kappa shape index (κ2) is 4.40. The van der Waals surface area contributed by atoms with Crippen LogP contribution in [0, 0.1) is 6.92 Å². The van der Waals surface area contributed by atoms with Crippen LogP contribution in [0.2, 0.25) is 0 Å². The Morgan fingerprint density at radius 1 is 1.26 bits per heavy atom. The van der Waals surface area contributed by atoms with E-state index in [4.69, 9.17) is 18.0 Å². The fraction of sp³-hybridized carbons (Fsp3) is 0.0769. The molecule has 2 heterocycles. The van der Waals surface area contributed by atoms with Gasteiger partial charge in [0.2, 0.25) is 5.95 Å². The molecular formula is C13H11N5S. The second-order valence-electron chi connectivity index (χ2n) is 4.16. The summed E-state index contributed by atoms with van der Waals surface area (Å²) in [6, 6.07) is 9.57. The maximum Gasteiger partial charge on any atom is 0.236 e. The predicted molar refractivity (Wildman–Crippen MR) is 77.3 cm³/mol. The first kappa shape index (κ1) is 11.7. The van der Waals surface area contributed by atoms with Gasteiger partial charge >= 0.3 is 0 Å². The summed E-state index contributed by atoms with van der Waals surface area (Å²) >= 11 is 4.97. The van der Waals surface area contributed by atoms with Crippen molar-refractivity contribution in [3.63, 3.8) is 0 Å². The Balaban J connectivity index is 2.24. The van der Waals surface area contributed by atoms with Crippen LogP contribution in [0.15, 0.2) is 36.7 Å². The van der Waals surface area contributed by atoms with Gasteiger partial charge in [0.15, 0.2) is 0 Å². The van der Waals surface area contributed by atoms with E-state index < -0.39 is 0 Å². The molecule has 0 spiro atoms. The van der Waals surface area contributed by atoms with Crippen LogP contribution in [0.4, 0.5) is 0 Å². The molecule has 2 N–H and O–H groups in total. The van der Waals surface area contributed by atoms with Crippen molar-refractivity contribution in [2.24, 2.45) is 5.73 Å². The zero-order valence-electron chi connectivity index (χ0n) is 10.2. The Hall–Kier alpha value is -2.34. The van der Waals surface area contributed by atoms with Crippen molar-refractivity contribution in [1.29, 1.82) is 0 Å². The first-order chi connectivity index (χ1) is 9.15. The van der Waals surface area contributed by atoms with Crippen molar-refractivity contribution < 1.29 is 0 Å². The lowest BCUT2D eigenvalue weighted by atomic mass is 10.3. The number of imidazole rings is 1. The highest BCUT2D eigenvalue weighted by molar-refractivity contribution is 7.80. The predicted octanol–water partition coefficient (Wildman–Crippen LogP) is 1.76. The van der Waals surface area contributed by atoms with Crippen LogP contribution in [0.3, 0.4) is 0 Å². The smallest absolute Gasteiger partial charge is 0.236 e. The third-order valence-electron chi connectivity index (χ3n) is 2.76. The molecule has 0 fully saturated rings. The van der Waals surface area contributed by atoms with E-state index in [0.717, 1.165) is 16.7 Å². The summed E-state index contributed by atoms with van der Waals surface area (Å²) in [5.74, 6) is 0.525. The molecule has 0 saturated carbocycles. The fourth-order valence-electron chi connectivity index (χ4n) is 1.91. The molecule has 0 unspecified atom stereocenters. The fourth-order valence-corrected chi connectivity index (χ4v) is 2.01. The van der Waals surface area contributed by atoms with Gasteiger partial charge in [0.05, 0.1) is 11.0 Å². The van der Waals surface area contributed by atoms with E-state index in [1.165, 1.54) is 0 Å². The largest absolute Gasteiger partial charge is 0.388 e. The van der Waals surface area contributed by atoms with Crippen molar-refractivity contribution in [2.75, 3.05) is 0 Å². The average molecular weight is 269 g/mol. The van der Waals surface area contributed by atoms with Crippen molar-refractivity contribution in [1.82, 2.24) is 19.5 Å². The highest BCUT2D eigenvalue weighted by Crippen LogP contribution is 2.15. The van der Waals surface area contributed by atoms with Gasteiger partial charge in [-0.2, -0.15) is 0 Å². The molecule has 3 aromatic rings. The molecule has 1 aromatic carbocycles. The summed E-state index contributed by atoms with van der Waals surface area (Å²) in [4.78, 5) is 13.4. The van der Waals surface area contributed by atoms with E-state index in [1.807, 2.05) is 35.8 Å². The number of benzene rings is 1. The van der Waals surface area contributed by atoms with Crippen molar-refractivity contribution in [3.8, 4) is 5.95 Å². The molecule has 19 heavy (non-hydrogen) atoms. The van der Waals surface area contributed by atoms with Gasteiger partial charge < -0.3 is 5.73 Å². The average Bonchev–Trinajstić information content (AvgIpc) is 2.81. The highest BCUT2D eigenvalue weighted by atomic mass is 32.1. The van der Waals surface area contributed by atoms with E-state index in [0.29, 0.717) is 11.6 Å². The maximum atomic E-state index is 5.63. The lowest BCUT2D eigenvalue weighted by Gasteiger charge is -2.06. The van der Waals surface area contributed by atoms with Gasteiger partial charge in [-0.1, -0.05) is 24.4 Å². The van der Waals surface area contributed by atoms with Crippen LogP contribution in [-0.2, 0) is 0 Å². The van der Waals surface area contributed by atoms with Gasteiger partial charge in [0.25, 0.3) is 0 Å². The van der Waals surface area contributed by atoms with E-state index in [9.17, 15) is 0 Å². The summed E-state index contributed by atoms with van der Waals surface area (Å²) in [6.45, 7) is 1.88. The number of para-hydroxylation sites is 2. The summed E-state index contributed by atoms with van der Waals surface area (Å²) in [7, 11) is 0. The number of nitrogens with zero attached hydrogens (tertiary/aromatic N) is 4. The van der Waals surface area contributed by atoms with Gasteiger partial charge in [-0.25, -0.2) is 15.0 Å². The molecule has 2 aromatic heterocycles. The number of hydrogen-bond donors (Lipinski definition) is 1. The first-order valence-electron chi connectivity index (χ1n) is 5.73. The van der Waals surface area contributed by atoms with Gasteiger partial charge in [-0.3, -0.25) is 4.57 Å². The SMILES string of the molecule is Cc1cc(C(N)=S)nc(-n2cnc3ccccc32)n1. The number of thiocarbonyl (C=S) groups is 1. The van der Waals surface area contributed by atoms with E-state index in [1.54, 1.807) is 12.4 Å². The lowest BCUT2D eigenvalue weighted by molar-refractivity contribution is 0.925. The molecule has 0 amide bonds. The minimum Gasteiger partial charge on any atom is -0.388 e. The second-order valence-corrected chi connectivity index (χ2v) is 4.60. The normalized spacial score (nSPS) is 10.8. The van der Waals surface area contributed by atoms with Crippen LogP contribution < -0.4 is 5.73 Å². The van der Waals surface area contributed by atoms with Gasteiger partial charge in [-0.15, -0.1) is 0 Å². The third kappa shape index (κ3) is 2.06. The molecule has 0 atom stereocenters. The zero-order chi connectivity index (χ0) is 13.4. The minimum atomic E-state index is 0.260. The molecule has 3 rings (SSSR count). The quantitative estimate of drug-likeness (QED) is 0.718. The molecule has 0 aliphatic heterocycles. The topological polar surface area (TPSA) is 69.6 Å². The van der Waals surface area contributed by atoms with E-state index >= 15 is 0 Å². The number of fused-ring (bicyclic) bond motifs is 1. The van der Waals surface area contributed by atoms with Gasteiger partial charge in [0.1, 0.15) is 17.0 Å². The van der Waals surface area contributed by atoms with Crippen molar-refractivity contribution >= 4 is 28.2 Å². The molecule has 0 radical (unpaired) electrons. The molecule has 5 nitrogen and oxygen atoms in total. The number of aromatic nitrogens is 4. The molecular weight excluding hydrogens is 258 g/mol. The number of hydrogen-bond acceptors (Lipinski definition) is 4. The minimum absolute atomic E-state index is 0.260. The third-order valence-corrected chi connectivity index (χ3v) is 2.97. The van der Waals surface area contributed by atoms with Crippen LogP contribution in [0.1, 0.15) is 11.4 Å².